The molecular formula is C13H27NO. The summed E-state index contributed by atoms with van der Waals surface area (Å²) >= 11 is 0. The Morgan fingerprint density at radius 2 is 1.73 bits per heavy atom. The van der Waals surface area contributed by atoms with E-state index in [-0.39, 0.29) is 0 Å². The summed E-state index contributed by atoms with van der Waals surface area (Å²) in [6, 6.07) is 1.30. The number of hydrogen-bond acceptors (Lipinski definition) is 2. The van der Waals surface area contributed by atoms with E-state index in [1.807, 2.05) is 0 Å². The molecule has 0 aromatic rings. The van der Waals surface area contributed by atoms with E-state index in [4.69, 9.17) is 4.74 Å². The molecule has 1 aliphatic rings. The van der Waals surface area contributed by atoms with Crippen LogP contribution in [0.25, 0.3) is 0 Å². The van der Waals surface area contributed by atoms with Gasteiger partial charge in [-0.3, -0.25) is 0 Å². The van der Waals surface area contributed by atoms with Crippen molar-refractivity contribution in [1.82, 2.24) is 5.32 Å². The van der Waals surface area contributed by atoms with E-state index in [0.29, 0.717) is 6.04 Å². The lowest BCUT2D eigenvalue weighted by Gasteiger charge is -2.26. The van der Waals surface area contributed by atoms with Crippen LogP contribution in [0.2, 0.25) is 0 Å². The molecule has 0 saturated heterocycles. The fraction of sp³-hybridized carbons (Fsp3) is 1.00. The highest BCUT2D eigenvalue weighted by Gasteiger charge is 2.14. The van der Waals surface area contributed by atoms with Crippen molar-refractivity contribution in [1.29, 1.82) is 0 Å². The summed E-state index contributed by atoms with van der Waals surface area (Å²) in [6.07, 6.45) is 11.0. The summed E-state index contributed by atoms with van der Waals surface area (Å²) < 4.78 is 5.23. The molecule has 0 aromatic carbocycles. The van der Waals surface area contributed by atoms with Gasteiger partial charge >= 0.3 is 0 Å². The molecule has 0 bridgehead atoms. The van der Waals surface area contributed by atoms with Crippen molar-refractivity contribution >= 4 is 0 Å². The van der Waals surface area contributed by atoms with E-state index >= 15 is 0 Å². The monoisotopic (exact) mass is 213 g/mol. The summed E-state index contributed by atoms with van der Waals surface area (Å²) in [6.45, 7) is 3.09. The van der Waals surface area contributed by atoms with Crippen LogP contribution in [0.1, 0.15) is 58.3 Å². The third kappa shape index (κ3) is 5.53. The fourth-order valence-electron chi connectivity index (χ4n) is 2.44. The van der Waals surface area contributed by atoms with E-state index in [1.165, 1.54) is 51.4 Å². The van der Waals surface area contributed by atoms with Gasteiger partial charge in [-0.15, -0.1) is 0 Å². The van der Waals surface area contributed by atoms with Crippen molar-refractivity contribution in [2.45, 2.75) is 70.4 Å². The van der Waals surface area contributed by atoms with Gasteiger partial charge in [0.15, 0.2) is 0 Å². The highest BCUT2D eigenvalue weighted by molar-refractivity contribution is 4.75. The molecule has 0 radical (unpaired) electrons. The Labute approximate surface area is 94.8 Å². The zero-order valence-corrected chi connectivity index (χ0v) is 10.4. The maximum absolute atomic E-state index is 5.23. The van der Waals surface area contributed by atoms with Gasteiger partial charge in [-0.05, 0) is 19.3 Å². The molecule has 1 saturated carbocycles. The number of methoxy groups -OCH3 is 1. The largest absolute Gasteiger partial charge is 0.383 e. The fourth-order valence-corrected chi connectivity index (χ4v) is 2.44. The summed E-state index contributed by atoms with van der Waals surface area (Å²) in [5.74, 6) is 0. The van der Waals surface area contributed by atoms with Crippen LogP contribution < -0.4 is 5.32 Å². The van der Waals surface area contributed by atoms with Crippen LogP contribution >= 0.6 is 0 Å². The first kappa shape index (κ1) is 13.0. The van der Waals surface area contributed by atoms with Gasteiger partial charge < -0.3 is 10.1 Å². The second kappa shape index (κ2) is 8.12. The van der Waals surface area contributed by atoms with Gasteiger partial charge in [0, 0.05) is 19.2 Å². The van der Waals surface area contributed by atoms with Crippen LogP contribution in [0.15, 0.2) is 0 Å². The number of hydrogen-bond donors (Lipinski definition) is 1. The van der Waals surface area contributed by atoms with Crippen LogP contribution in [-0.4, -0.2) is 25.8 Å². The molecule has 2 heteroatoms. The van der Waals surface area contributed by atoms with E-state index in [0.717, 1.165) is 12.6 Å². The lowest BCUT2D eigenvalue weighted by atomic mass is 9.96. The Bertz CT molecular complexity index is 141. The SMILES string of the molecule is CCC(COC)NC1CCCCCCC1. The van der Waals surface area contributed by atoms with Gasteiger partial charge in [0.25, 0.3) is 0 Å². The van der Waals surface area contributed by atoms with Crippen molar-refractivity contribution in [3.8, 4) is 0 Å². The smallest absolute Gasteiger partial charge is 0.0615 e. The topological polar surface area (TPSA) is 21.3 Å². The maximum Gasteiger partial charge on any atom is 0.0615 e. The van der Waals surface area contributed by atoms with Gasteiger partial charge in [-0.1, -0.05) is 39.0 Å². The maximum atomic E-state index is 5.23. The van der Waals surface area contributed by atoms with E-state index in [1.54, 1.807) is 7.11 Å². The average Bonchev–Trinajstić information content (AvgIpc) is 2.20. The van der Waals surface area contributed by atoms with Crippen molar-refractivity contribution in [2.24, 2.45) is 0 Å². The second-order valence-corrected chi connectivity index (χ2v) is 4.77. The van der Waals surface area contributed by atoms with Crippen molar-refractivity contribution in [3.63, 3.8) is 0 Å². The molecular weight excluding hydrogens is 186 g/mol. The third-order valence-corrected chi connectivity index (χ3v) is 3.44. The number of ether oxygens (including phenoxy) is 1. The molecule has 0 aromatic heterocycles. The predicted molar refractivity (Wildman–Crippen MR) is 65.2 cm³/mol. The Morgan fingerprint density at radius 3 is 2.27 bits per heavy atom. The molecule has 0 heterocycles. The highest BCUT2D eigenvalue weighted by atomic mass is 16.5. The second-order valence-electron chi connectivity index (χ2n) is 4.77. The van der Waals surface area contributed by atoms with Crippen LogP contribution in [-0.2, 0) is 4.74 Å². The van der Waals surface area contributed by atoms with E-state index < -0.39 is 0 Å². The van der Waals surface area contributed by atoms with Gasteiger partial charge in [0.2, 0.25) is 0 Å². The minimum absolute atomic E-state index is 0.555. The number of rotatable bonds is 5. The van der Waals surface area contributed by atoms with Crippen molar-refractivity contribution in [2.75, 3.05) is 13.7 Å². The van der Waals surface area contributed by atoms with Gasteiger partial charge in [-0.25, -0.2) is 0 Å². The molecule has 1 atom stereocenters. The van der Waals surface area contributed by atoms with Crippen LogP contribution in [0, 0.1) is 0 Å². The molecule has 1 aliphatic carbocycles. The van der Waals surface area contributed by atoms with Crippen molar-refractivity contribution < 1.29 is 4.74 Å². The lowest BCUT2D eigenvalue weighted by Crippen LogP contribution is -2.40. The molecule has 2 nitrogen and oxygen atoms in total. The molecule has 0 aliphatic heterocycles. The Hall–Kier alpha value is -0.0800. The number of nitrogens with one attached hydrogen (secondary N) is 1. The molecule has 0 amide bonds. The predicted octanol–water partition coefficient (Wildman–Crippen LogP) is 3.11. The molecule has 1 rings (SSSR count). The van der Waals surface area contributed by atoms with Crippen molar-refractivity contribution in [3.05, 3.63) is 0 Å². The summed E-state index contributed by atoms with van der Waals surface area (Å²) in [4.78, 5) is 0. The van der Waals surface area contributed by atoms with Crippen LogP contribution in [0.3, 0.4) is 0 Å². The van der Waals surface area contributed by atoms with Gasteiger partial charge in [0.05, 0.1) is 6.61 Å². The summed E-state index contributed by atoms with van der Waals surface area (Å²) in [5.41, 5.74) is 0. The zero-order chi connectivity index (χ0) is 10.9. The normalized spacial score (nSPS) is 22.0. The third-order valence-electron chi connectivity index (χ3n) is 3.44. The summed E-state index contributed by atoms with van der Waals surface area (Å²) in [7, 11) is 1.79. The van der Waals surface area contributed by atoms with Gasteiger partial charge in [-0.2, -0.15) is 0 Å². The molecule has 1 unspecified atom stereocenters. The average molecular weight is 213 g/mol. The molecule has 1 fully saturated rings. The minimum atomic E-state index is 0.555. The Morgan fingerprint density at radius 1 is 1.13 bits per heavy atom. The molecule has 0 spiro atoms. The first-order valence-electron chi connectivity index (χ1n) is 6.61. The van der Waals surface area contributed by atoms with E-state index in [2.05, 4.69) is 12.2 Å². The first-order chi connectivity index (χ1) is 7.36. The highest BCUT2D eigenvalue weighted by Crippen LogP contribution is 2.17. The van der Waals surface area contributed by atoms with Gasteiger partial charge in [0.1, 0.15) is 0 Å². The minimum Gasteiger partial charge on any atom is -0.383 e. The van der Waals surface area contributed by atoms with Crippen LogP contribution in [0.5, 0.6) is 0 Å². The molecule has 15 heavy (non-hydrogen) atoms. The Kier molecular flexibility index (Phi) is 7.03. The molecule has 1 N–H and O–H groups in total. The summed E-state index contributed by atoms with van der Waals surface area (Å²) in [5, 5.41) is 3.75. The molecule has 90 valence electrons. The quantitative estimate of drug-likeness (QED) is 0.757. The Balaban J connectivity index is 2.26. The first-order valence-corrected chi connectivity index (χ1v) is 6.61. The van der Waals surface area contributed by atoms with E-state index in [9.17, 15) is 0 Å². The van der Waals surface area contributed by atoms with Crippen LogP contribution in [0.4, 0.5) is 0 Å². The standard InChI is InChI=1S/C13H27NO/c1-3-12(11-15-2)14-13-9-7-5-4-6-8-10-13/h12-14H,3-11H2,1-2H3. The lowest BCUT2D eigenvalue weighted by molar-refractivity contribution is 0.155. The zero-order valence-electron chi connectivity index (χ0n) is 10.4.